The van der Waals surface area contributed by atoms with Crippen LogP contribution in [0.1, 0.15) is 102 Å². The predicted molar refractivity (Wildman–Crippen MR) is 116 cm³/mol. The second-order valence-electron chi connectivity index (χ2n) is 7.05. The molecule has 0 aromatic heterocycles. The number of hydrogen-bond donors (Lipinski definition) is 0. The molecule has 0 unspecified atom stereocenters. The average Bonchev–Trinajstić information content (AvgIpc) is 2.68. The van der Waals surface area contributed by atoms with Crippen LogP contribution in [0.15, 0.2) is 30.3 Å². The van der Waals surface area contributed by atoms with E-state index in [0.29, 0.717) is 0 Å². The molecule has 0 aliphatic carbocycles. The third-order valence-corrected chi connectivity index (χ3v) is 4.83. The first-order valence-corrected chi connectivity index (χ1v) is 11.8. The van der Waals surface area contributed by atoms with Crippen LogP contribution in [-0.2, 0) is 46.7 Å². The smallest absolute Gasteiger partial charge is 0.420 e. The third kappa shape index (κ3) is 23.7. The van der Waals surface area contributed by atoms with Gasteiger partial charge in [0.15, 0.2) is 0 Å². The van der Waals surface area contributed by atoms with Gasteiger partial charge in [-0.15, -0.1) is 0 Å². The molecule has 5 heteroatoms. The molecule has 0 heterocycles. The van der Waals surface area contributed by atoms with E-state index >= 15 is 0 Å². The second kappa shape index (κ2) is 24.7. The maximum Gasteiger partial charge on any atom is 2.00 e. The first-order chi connectivity index (χ1) is 13.2. The van der Waals surface area contributed by atoms with Crippen LogP contribution in [0.4, 0.5) is 0 Å². The molecule has 0 saturated heterocycles. The molecule has 0 aliphatic heterocycles. The molecule has 28 heavy (non-hydrogen) atoms. The van der Waals surface area contributed by atoms with Crippen LogP contribution in [0.3, 0.4) is 0 Å². The predicted octanol–water partition coefficient (Wildman–Crippen LogP) is 7.73. The summed E-state index contributed by atoms with van der Waals surface area (Å²) in [5.41, 5.74) is 0.844. The topological polar surface area (TPSA) is 43.4 Å². The molecule has 0 N–H and O–H groups in total. The van der Waals surface area contributed by atoms with E-state index < -0.39 is 11.0 Å². The normalized spacial score (nSPS) is 10.2. The summed E-state index contributed by atoms with van der Waals surface area (Å²) in [6, 6.07) is 9.11. The first-order valence-electron chi connectivity index (χ1n) is 10.8. The quantitative estimate of drug-likeness (QED) is 0.111. The molecule has 0 radical (unpaired) electrons. The van der Waals surface area contributed by atoms with E-state index in [1.165, 1.54) is 83.5 Å². The van der Waals surface area contributed by atoms with Crippen LogP contribution in [0.5, 0.6) is 0 Å². The fourth-order valence-electron chi connectivity index (χ4n) is 2.88. The Labute approximate surface area is 186 Å². The van der Waals surface area contributed by atoms with E-state index in [2.05, 4.69) is 18.0 Å². The Bertz CT molecular complexity index is 456. The molecule has 1 aromatic carbocycles. The van der Waals surface area contributed by atoms with Crippen molar-refractivity contribution in [3.05, 3.63) is 42.8 Å². The Hall–Kier alpha value is -0.376. The summed E-state index contributed by atoms with van der Waals surface area (Å²) >= 11 is 0. The molecule has 0 amide bonds. The van der Waals surface area contributed by atoms with Gasteiger partial charge in [0.2, 0.25) is 0 Å². The van der Waals surface area contributed by atoms with Gasteiger partial charge in [-0.2, -0.15) is 6.42 Å². The van der Waals surface area contributed by atoms with E-state index in [1.807, 2.05) is 18.2 Å². The molecule has 0 bridgehead atoms. The van der Waals surface area contributed by atoms with Gasteiger partial charge in [-0.05, 0) is 5.56 Å². The molecule has 0 aliphatic rings. The van der Waals surface area contributed by atoms with Crippen LogP contribution in [0, 0.1) is 6.92 Å². The fraction of sp³-hybridized carbons (Fsp3) is 0.696. The summed E-state index contributed by atoms with van der Waals surface area (Å²) in [5.74, 6) is 0. The van der Waals surface area contributed by atoms with Crippen molar-refractivity contribution in [2.45, 2.75) is 103 Å². The van der Waals surface area contributed by atoms with Gasteiger partial charge in [0, 0.05) is 0 Å². The zero-order chi connectivity index (χ0) is 20.0. The zero-order valence-corrected chi connectivity index (χ0v) is 19.5. The number of rotatable bonds is 16. The molecule has 1 rings (SSSR count). The first kappa shape index (κ1) is 29.8. The van der Waals surface area contributed by atoms with E-state index in [1.54, 1.807) is 12.1 Å². The van der Waals surface area contributed by atoms with E-state index in [4.69, 9.17) is 0 Å². The molecule has 3 nitrogen and oxygen atoms in total. The minimum atomic E-state index is -2.42. The molecule has 1 aromatic rings. The van der Waals surface area contributed by atoms with Crippen LogP contribution in [-0.4, -0.2) is 0 Å². The van der Waals surface area contributed by atoms with Crippen molar-refractivity contribution in [3.8, 4) is 0 Å². The van der Waals surface area contributed by atoms with Crippen molar-refractivity contribution in [2.75, 3.05) is 0 Å². The summed E-state index contributed by atoms with van der Waals surface area (Å²) in [6.07, 6.45) is 19.8. The zero-order valence-electron chi connectivity index (χ0n) is 17.6. The Kier molecular flexibility index (Phi) is 26.3. The number of benzene rings is 1. The summed E-state index contributed by atoms with van der Waals surface area (Å²) in [5, 5.41) is 0. The van der Waals surface area contributed by atoms with Gasteiger partial charge in [0.05, 0.1) is 17.6 Å². The van der Waals surface area contributed by atoms with Crippen molar-refractivity contribution < 1.29 is 29.1 Å². The van der Waals surface area contributed by atoms with Gasteiger partial charge in [0.1, 0.15) is 0 Å². The van der Waals surface area contributed by atoms with Crippen molar-refractivity contribution in [2.24, 2.45) is 0 Å². The molecular weight excluding hydrogens is 415 g/mol. The summed E-state index contributed by atoms with van der Waals surface area (Å²) in [4.78, 5) is 0. The van der Waals surface area contributed by atoms with Crippen LogP contribution in [0.2, 0.25) is 0 Å². The Morgan fingerprint density at radius 2 is 1.18 bits per heavy atom. The minimum absolute atomic E-state index is 0. The monoisotopic (exact) mass is 454 g/mol. The van der Waals surface area contributed by atoms with Gasteiger partial charge in [-0.1, -0.05) is 121 Å². The van der Waals surface area contributed by atoms with E-state index in [-0.39, 0.29) is 23.1 Å². The average molecular weight is 455 g/mol. The standard InChI is InChI=1S/C16H33.C7H7O3S.Ni/c1-3-5-7-9-11-13-15-16-14-12-10-8-6-4-2;8-11(9)10-6-7-4-2-1-3-5-7;/h1,3-16H2,2H3;1-5H,6H2;/q2*-1;+2. The Balaban J connectivity index is 0. The molecule has 166 valence electrons. The van der Waals surface area contributed by atoms with Crippen LogP contribution in [0.25, 0.3) is 0 Å². The maximum absolute atomic E-state index is 9.95. The van der Waals surface area contributed by atoms with Crippen molar-refractivity contribution in [3.63, 3.8) is 0 Å². The van der Waals surface area contributed by atoms with Crippen molar-refractivity contribution >= 4 is 11.0 Å². The second-order valence-corrected chi connectivity index (χ2v) is 7.69. The summed E-state index contributed by atoms with van der Waals surface area (Å²) in [6.45, 7) is 6.27. The van der Waals surface area contributed by atoms with E-state index in [0.717, 1.165) is 12.0 Å². The van der Waals surface area contributed by atoms with Gasteiger partial charge in [0.25, 0.3) is 0 Å². The van der Waals surface area contributed by atoms with Gasteiger partial charge < -0.3 is 19.5 Å². The van der Waals surface area contributed by atoms with Gasteiger partial charge in [-0.3, -0.25) is 0 Å². The SMILES string of the molecule is O=[S-](=O)OCc1ccccc1.[CH2-]CCCCCCCCCCCCCCC.[Ni+2]. The fourth-order valence-corrected chi connectivity index (χ4v) is 3.12. The molecule has 0 atom stereocenters. The number of unbranched alkanes of at least 4 members (excludes halogenated alkanes) is 13. The minimum Gasteiger partial charge on any atom is -0.420 e. The van der Waals surface area contributed by atoms with Crippen LogP contribution < -0.4 is 0 Å². The number of hydrogen-bond acceptors (Lipinski definition) is 4. The summed E-state index contributed by atoms with van der Waals surface area (Å²) < 4.78 is 24.2. The maximum atomic E-state index is 9.95. The van der Waals surface area contributed by atoms with Gasteiger partial charge in [-0.25, -0.2) is 0 Å². The molecule has 0 saturated carbocycles. The largest absolute Gasteiger partial charge is 2.00 e. The Morgan fingerprint density at radius 3 is 1.57 bits per heavy atom. The van der Waals surface area contributed by atoms with Gasteiger partial charge >= 0.3 is 16.5 Å². The Morgan fingerprint density at radius 1 is 0.750 bits per heavy atom. The molecule has 0 spiro atoms. The summed E-state index contributed by atoms with van der Waals surface area (Å²) in [7, 11) is -2.42. The third-order valence-electron chi connectivity index (χ3n) is 4.52. The van der Waals surface area contributed by atoms with E-state index in [9.17, 15) is 8.42 Å². The molecular formula is C23H40NiO3S. The van der Waals surface area contributed by atoms with Crippen LogP contribution >= 0.6 is 0 Å². The van der Waals surface area contributed by atoms with Crippen molar-refractivity contribution in [1.82, 2.24) is 0 Å². The molecule has 0 fully saturated rings. The van der Waals surface area contributed by atoms with Crippen molar-refractivity contribution in [1.29, 1.82) is 0 Å².